The third kappa shape index (κ3) is 4.16. The highest BCUT2D eigenvalue weighted by Gasteiger charge is 2.19. The van der Waals surface area contributed by atoms with Crippen molar-refractivity contribution in [1.82, 2.24) is 19.2 Å². The lowest BCUT2D eigenvalue weighted by atomic mass is 10.2. The fourth-order valence-corrected chi connectivity index (χ4v) is 5.36. The number of rotatable bonds is 7. The van der Waals surface area contributed by atoms with Gasteiger partial charge in [-0.05, 0) is 58.4 Å². The molecule has 1 aromatic carbocycles. The number of hydrogen-bond acceptors (Lipinski definition) is 4. The van der Waals surface area contributed by atoms with Gasteiger partial charge >= 0.3 is 0 Å². The zero-order valence-electron chi connectivity index (χ0n) is 18.7. The molecule has 4 aromatic rings. The van der Waals surface area contributed by atoms with Crippen LogP contribution in [0.2, 0.25) is 0 Å². The second-order valence-electron chi connectivity index (χ2n) is 8.64. The maximum absolute atomic E-state index is 13.5. The molecule has 164 valence electrons. The molecule has 31 heavy (non-hydrogen) atoms. The van der Waals surface area contributed by atoms with E-state index in [0.717, 1.165) is 27.7 Å². The van der Waals surface area contributed by atoms with Gasteiger partial charge in [-0.25, -0.2) is 9.07 Å². The van der Waals surface area contributed by atoms with Crippen molar-refractivity contribution >= 4 is 32.5 Å². The van der Waals surface area contributed by atoms with Gasteiger partial charge in [0.2, 0.25) is 0 Å². The van der Waals surface area contributed by atoms with Crippen molar-refractivity contribution in [3.05, 3.63) is 63.1 Å². The second kappa shape index (κ2) is 8.55. The van der Waals surface area contributed by atoms with Crippen molar-refractivity contribution < 1.29 is 4.39 Å². The molecule has 0 fully saturated rings. The van der Waals surface area contributed by atoms with Gasteiger partial charge in [0.25, 0.3) is 5.56 Å². The average Bonchev–Trinajstić information content (AvgIpc) is 3.21. The Labute approximate surface area is 185 Å². The molecular weight excluding hydrogens is 411 g/mol. The summed E-state index contributed by atoms with van der Waals surface area (Å²) < 4.78 is 18.1. The number of aryl methyl sites for hydroxylation is 1. The molecule has 0 amide bonds. The van der Waals surface area contributed by atoms with Gasteiger partial charge < -0.3 is 4.57 Å². The van der Waals surface area contributed by atoms with E-state index >= 15 is 0 Å². The van der Waals surface area contributed by atoms with Crippen LogP contribution in [-0.2, 0) is 13.1 Å². The first-order chi connectivity index (χ1) is 14.8. The summed E-state index contributed by atoms with van der Waals surface area (Å²) in [4.78, 5) is 17.1. The summed E-state index contributed by atoms with van der Waals surface area (Å²) in [5.41, 5.74) is 2.58. The number of fused-ring (bicyclic) bond motifs is 3. The van der Waals surface area contributed by atoms with Crippen LogP contribution >= 0.6 is 11.3 Å². The van der Waals surface area contributed by atoms with Crippen LogP contribution in [0.4, 0.5) is 4.39 Å². The summed E-state index contributed by atoms with van der Waals surface area (Å²) in [5.74, 6) is -0.260. The first kappa shape index (κ1) is 21.7. The van der Waals surface area contributed by atoms with E-state index in [9.17, 15) is 9.18 Å². The first-order valence-corrected chi connectivity index (χ1v) is 11.6. The van der Waals surface area contributed by atoms with Gasteiger partial charge in [-0.2, -0.15) is 5.10 Å². The Hall–Kier alpha value is -2.51. The molecule has 0 saturated heterocycles. The number of halogens is 1. The highest BCUT2D eigenvalue weighted by molar-refractivity contribution is 7.20. The highest BCUT2D eigenvalue weighted by Crippen LogP contribution is 2.34. The predicted molar refractivity (Wildman–Crippen MR) is 127 cm³/mol. The molecule has 0 radical (unpaired) electrons. The van der Waals surface area contributed by atoms with Gasteiger partial charge in [0, 0.05) is 35.4 Å². The van der Waals surface area contributed by atoms with Crippen molar-refractivity contribution in [1.29, 1.82) is 0 Å². The van der Waals surface area contributed by atoms with E-state index in [0.29, 0.717) is 30.7 Å². The van der Waals surface area contributed by atoms with Gasteiger partial charge in [-0.15, -0.1) is 11.3 Å². The number of thiophene rings is 1. The van der Waals surface area contributed by atoms with Gasteiger partial charge in [-0.3, -0.25) is 9.69 Å². The third-order valence-electron chi connectivity index (χ3n) is 5.81. The van der Waals surface area contributed by atoms with Gasteiger partial charge in [0.05, 0.1) is 23.0 Å². The van der Waals surface area contributed by atoms with E-state index in [2.05, 4.69) is 55.3 Å². The Bertz CT molecular complexity index is 1260. The minimum atomic E-state index is -0.260. The van der Waals surface area contributed by atoms with Crippen molar-refractivity contribution in [2.75, 3.05) is 6.54 Å². The van der Waals surface area contributed by atoms with Crippen molar-refractivity contribution in [3.63, 3.8) is 0 Å². The molecule has 0 aliphatic rings. The molecule has 0 unspecified atom stereocenters. The number of benzene rings is 1. The molecule has 3 aromatic heterocycles. The largest absolute Gasteiger partial charge is 0.331 e. The molecule has 7 heteroatoms. The summed E-state index contributed by atoms with van der Waals surface area (Å²) in [7, 11) is 0. The minimum absolute atomic E-state index is 0.0758. The summed E-state index contributed by atoms with van der Waals surface area (Å²) in [5, 5.41) is 5.40. The molecule has 0 bridgehead atoms. The van der Waals surface area contributed by atoms with E-state index in [1.165, 1.54) is 17.0 Å². The van der Waals surface area contributed by atoms with Crippen LogP contribution in [0.15, 0.2) is 41.3 Å². The maximum atomic E-state index is 13.5. The minimum Gasteiger partial charge on any atom is -0.331 e. The van der Waals surface area contributed by atoms with Crippen LogP contribution in [0.25, 0.3) is 21.1 Å². The fourth-order valence-electron chi connectivity index (χ4n) is 4.34. The van der Waals surface area contributed by atoms with E-state index < -0.39 is 0 Å². The van der Waals surface area contributed by atoms with Crippen LogP contribution in [0.5, 0.6) is 0 Å². The lowest BCUT2D eigenvalue weighted by Crippen LogP contribution is -2.40. The first-order valence-electron chi connectivity index (χ1n) is 10.7. The zero-order chi connectivity index (χ0) is 22.3. The van der Waals surface area contributed by atoms with E-state index in [1.807, 2.05) is 6.20 Å². The zero-order valence-corrected chi connectivity index (χ0v) is 19.5. The molecule has 0 spiro atoms. The Balaban J connectivity index is 1.79. The Morgan fingerprint density at radius 2 is 1.81 bits per heavy atom. The van der Waals surface area contributed by atoms with E-state index in [4.69, 9.17) is 0 Å². The molecule has 4 rings (SSSR count). The van der Waals surface area contributed by atoms with Crippen LogP contribution in [-0.4, -0.2) is 37.9 Å². The lowest BCUT2D eigenvalue weighted by Gasteiger charge is -2.30. The number of nitrogens with zero attached hydrogens (tertiary/aromatic N) is 4. The quantitative estimate of drug-likeness (QED) is 0.405. The number of aromatic nitrogens is 3. The Kier molecular flexibility index (Phi) is 5.99. The smallest absolute Gasteiger partial charge is 0.291 e. The molecule has 0 saturated carbocycles. The molecular formula is C24H29FN4OS. The van der Waals surface area contributed by atoms with Gasteiger partial charge in [-0.1, -0.05) is 12.1 Å². The van der Waals surface area contributed by atoms with Gasteiger partial charge in [0.1, 0.15) is 11.3 Å². The van der Waals surface area contributed by atoms with Gasteiger partial charge in [0.15, 0.2) is 0 Å². The van der Waals surface area contributed by atoms with Crippen molar-refractivity contribution in [3.8, 4) is 0 Å². The monoisotopic (exact) mass is 440 g/mol. The number of hydrogen-bond donors (Lipinski definition) is 0. The maximum Gasteiger partial charge on any atom is 0.291 e. The van der Waals surface area contributed by atoms with Crippen molar-refractivity contribution in [2.24, 2.45) is 0 Å². The Morgan fingerprint density at radius 1 is 1.13 bits per heavy atom. The molecule has 0 aliphatic carbocycles. The molecule has 5 nitrogen and oxygen atoms in total. The van der Waals surface area contributed by atoms with Crippen LogP contribution in [0.1, 0.15) is 38.1 Å². The van der Waals surface area contributed by atoms with E-state index in [1.54, 1.807) is 28.2 Å². The molecule has 0 atom stereocenters. The second-order valence-corrected chi connectivity index (χ2v) is 9.90. The van der Waals surface area contributed by atoms with Crippen LogP contribution in [0.3, 0.4) is 0 Å². The molecule has 3 heterocycles. The highest BCUT2D eigenvalue weighted by atomic mass is 32.1. The third-order valence-corrected chi connectivity index (χ3v) is 6.88. The average molecular weight is 441 g/mol. The van der Waals surface area contributed by atoms with E-state index in [-0.39, 0.29) is 11.4 Å². The summed E-state index contributed by atoms with van der Waals surface area (Å²) in [6.45, 7) is 12.6. The molecule has 0 aliphatic heterocycles. The summed E-state index contributed by atoms with van der Waals surface area (Å²) in [6, 6.07) is 9.38. The van der Waals surface area contributed by atoms with Crippen molar-refractivity contribution in [2.45, 2.75) is 59.8 Å². The lowest BCUT2D eigenvalue weighted by molar-refractivity contribution is 0.165. The van der Waals surface area contributed by atoms with Crippen LogP contribution < -0.4 is 5.56 Å². The standard InChI is InChI=1S/C24H29FN4OS/c1-15(2)27(16(3)4)10-11-29-24(30)22-20(13-26-29)23-21(12-17(5)31-23)28(22)14-18-6-8-19(25)9-7-18/h6-9,12-13,15-16H,10-11,14H2,1-5H3. The predicted octanol–water partition coefficient (Wildman–Crippen LogP) is 5.03. The Morgan fingerprint density at radius 3 is 2.45 bits per heavy atom. The topological polar surface area (TPSA) is 43.1 Å². The summed E-state index contributed by atoms with van der Waals surface area (Å²) in [6.07, 6.45) is 1.82. The fraction of sp³-hybridized carbons (Fsp3) is 0.417. The van der Waals surface area contributed by atoms with Crippen LogP contribution in [0, 0.1) is 12.7 Å². The normalized spacial score (nSPS) is 12.3. The SMILES string of the molecule is Cc1cc2c(s1)c1cnn(CCN(C(C)C)C(C)C)c(=O)c1n2Cc1ccc(F)cc1. The summed E-state index contributed by atoms with van der Waals surface area (Å²) >= 11 is 1.68. The molecule has 0 N–H and O–H groups in total.